The molecule has 0 bridgehead atoms. The Morgan fingerprint density at radius 2 is 2.00 bits per heavy atom. The molecular formula is C17H23FN6O. The van der Waals surface area contributed by atoms with Crippen LogP contribution in [0.15, 0.2) is 18.2 Å². The second-order valence-electron chi connectivity index (χ2n) is 7.68. The van der Waals surface area contributed by atoms with E-state index < -0.39 is 5.54 Å². The highest BCUT2D eigenvalue weighted by Crippen LogP contribution is 2.52. The quantitative estimate of drug-likeness (QED) is 0.485. The summed E-state index contributed by atoms with van der Waals surface area (Å²) >= 11 is 0. The summed E-state index contributed by atoms with van der Waals surface area (Å²) in [4.78, 5) is 12.9. The van der Waals surface area contributed by atoms with Crippen molar-refractivity contribution in [2.45, 2.75) is 19.4 Å². The number of benzene rings is 1. The molecule has 7 nitrogen and oxygen atoms in total. The Kier molecular flexibility index (Phi) is 3.44. The van der Waals surface area contributed by atoms with Gasteiger partial charge in [-0.25, -0.2) is 15.2 Å². The number of hydrogen-bond donors (Lipinski definition) is 2. The summed E-state index contributed by atoms with van der Waals surface area (Å²) in [6, 6.07) is 4.85. The molecule has 25 heavy (non-hydrogen) atoms. The smallest absolute Gasteiger partial charge is 0.241 e. The number of nitrogens with two attached hydrogens (primary N) is 2. The van der Waals surface area contributed by atoms with Crippen LogP contribution in [0.3, 0.4) is 0 Å². The number of aromatic nitrogens is 2. The van der Waals surface area contributed by atoms with Crippen molar-refractivity contribution < 1.29 is 9.18 Å². The Morgan fingerprint density at radius 3 is 2.64 bits per heavy atom. The number of piperidine rings is 1. The maximum Gasteiger partial charge on any atom is 0.241 e. The Bertz CT molecular complexity index is 850. The summed E-state index contributed by atoms with van der Waals surface area (Å²) in [6.45, 7) is 5.14. The number of carbonyl (C=O) groups excluding carboxylic acids is 1. The number of aryl methyl sites for hydroxylation is 1. The van der Waals surface area contributed by atoms with Gasteiger partial charge >= 0.3 is 0 Å². The first-order chi connectivity index (χ1) is 11.7. The minimum absolute atomic E-state index is 0.0733. The highest BCUT2D eigenvalue weighted by atomic mass is 19.1. The van der Waals surface area contributed by atoms with Gasteiger partial charge in [-0.15, -0.1) is 0 Å². The van der Waals surface area contributed by atoms with Crippen LogP contribution in [0, 0.1) is 23.6 Å². The van der Waals surface area contributed by atoms with Crippen LogP contribution in [-0.2, 0) is 17.4 Å². The fraction of sp³-hybridized carbons (Fsp3) is 0.529. The zero-order valence-corrected chi connectivity index (χ0v) is 14.6. The van der Waals surface area contributed by atoms with Crippen molar-refractivity contribution in [3.8, 4) is 0 Å². The average Bonchev–Trinajstić information content (AvgIpc) is 2.89. The first kappa shape index (κ1) is 16.4. The van der Waals surface area contributed by atoms with Gasteiger partial charge < -0.3 is 0 Å². The van der Waals surface area contributed by atoms with Crippen LogP contribution in [0.1, 0.15) is 19.5 Å². The van der Waals surface area contributed by atoms with Gasteiger partial charge in [-0.1, -0.05) is 12.1 Å². The lowest BCUT2D eigenvalue weighted by molar-refractivity contribution is -0.140. The molecule has 0 radical (unpaired) electrons. The van der Waals surface area contributed by atoms with Gasteiger partial charge in [0.2, 0.25) is 5.91 Å². The summed E-state index contributed by atoms with van der Waals surface area (Å²) in [5.41, 5.74) is 0.143. The van der Waals surface area contributed by atoms with Gasteiger partial charge in [0.05, 0.1) is 11.2 Å². The van der Waals surface area contributed by atoms with Gasteiger partial charge in [0.15, 0.2) is 0 Å². The fourth-order valence-electron chi connectivity index (χ4n) is 4.22. The molecule has 1 saturated carbocycles. The van der Waals surface area contributed by atoms with Crippen LogP contribution in [0.4, 0.5) is 4.39 Å². The second-order valence-corrected chi connectivity index (χ2v) is 7.68. The van der Waals surface area contributed by atoms with E-state index >= 15 is 0 Å². The van der Waals surface area contributed by atoms with Gasteiger partial charge in [0.25, 0.3) is 0 Å². The maximum absolute atomic E-state index is 14.1. The highest BCUT2D eigenvalue weighted by Gasteiger charge is 2.60. The molecule has 2 aromatic rings. The third-order valence-electron chi connectivity index (χ3n) is 5.74. The van der Waals surface area contributed by atoms with Gasteiger partial charge in [0.1, 0.15) is 11.3 Å². The van der Waals surface area contributed by atoms with Crippen LogP contribution in [0.25, 0.3) is 10.9 Å². The number of para-hydroxylation sites is 1. The van der Waals surface area contributed by atoms with Crippen molar-refractivity contribution in [3.63, 3.8) is 0 Å². The number of rotatable bonds is 3. The molecule has 1 saturated heterocycles. The van der Waals surface area contributed by atoms with Gasteiger partial charge in [-0.3, -0.25) is 20.3 Å². The molecule has 2 heterocycles. The van der Waals surface area contributed by atoms with Gasteiger partial charge in [-0.2, -0.15) is 5.10 Å². The monoisotopic (exact) mass is 346 g/mol. The summed E-state index contributed by atoms with van der Waals surface area (Å²) in [5, 5.41) is 8.15. The topological polar surface area (TPSA) is 93.4 Å². The van der Waals surface area contributed by atoms with E-state index in [-0.39, 0.29) is 29.5 Å². The van der Waals surface area contributed by atoms with Crippen molar-refractivity contribution in [2.75, 3.05) is 13.1 Å². The standard InChI is InChI=1S/C17H23FN6O/c1-17(2,15-9-5-4-6-12(18)14(9)22(3)21-15)24(20)16(25)13-10-7-23(19)8-11(10)13/h4-6,10-11,13H,7-8,19-20H2,1-3H3/t10-,11+,13?. The molecule has 2 fully saturated rings. The van der Waals surface area contributed by atoms with Crippen LogP contribution in [0.5, 0.6) is 0 Å². The van der Waals surface area contributed by atoms with Crippen LogP contribution in [0.2, 0.25) is 0 Å². The van der Waals surface area contributed by atoms with Crippen molar-refractivity contribution in [2.24, 2.45) is 36.5 Å². The minimum atomic E-state index is -0.857. The van der Waals surface area contributed by atoms with Crippen LogP contribution in [-0.4, -0.2) is 38.8 Å². The van der Waals surface area contributed by atoms with Crippen molar-refractivity contribution >= 4 is 16.8 Å². The number of hydrogen-bond acceptors (Lipinski definition) is 5. The molecule has 4 rings (SSSR count). The Morgan fingerprint density at radius 1 is 1.36 bits per heavy atom. The molecule has 1 amide bonds. The summed E-state index contributed by atoms with van der Waals surface area (Å²) < 4.78 is 15.6. The second kappa shape index (κ2) is 5.23. The minimum Gasteiger partial charge on any atom is -0.273 e. The first-order valence-electron chi connectivity index (χ1n) is 8.43. The van der Waals surface area contributed by atoms with Gasteiger partial charge in [-0.05, 0) is 31.7 Å². The van der Waals surface area contributed by atoms with E-state index in [0.717, 1.165) is 13.1 Å². The lowest BCUT2D eigenvalue weighted by atomic mass is 9.95. The van der Waals surface area contributed by atoms with E-state index in [2.05, 4.69) is 5.10 Å². The van der Waals surface area contributed by atoms with Crippen LogP contribution < -0.4 is 11.7 Å². The largest absolute Gasteiger partial charge is 0.273 e. The predicted octanol–water partition coefficient (Wildman–Crippen LogP) is 0.701. The number of nitrogens with zero attached hydrogens (tertiary/aromatic N) is 4. The molecule has 2 aliphatic rings. The maximum atomic E-state index is 14.1. The molecule has 3 atom stereocenters. The molecular weight excluding hydrogens is 323 g/mol. The lowest BCUT2D eigenvalue weighted by Crippen LogP contribution is -2.52. The van der Waals surface area contributed by atoms with E-state index in [1.807, 2.05) is 13.8 Å². The molecule has 1 aliphatic heterocycles. The Balaban J connectivity index is 1.66. The summed E-state index contributed by atoms with van der Waals surface area (Å²) in [6.07, 6.45) is 0. The Labute approximate surface area is 145 Å². The molecule has 134 valence electrons. The van der Waals surface area contributed by atoms with E-state index in [0.29, 0.717) is 16.6 Å². The van der Waals surface area contributed by atoms with Gasteiger partial charge in [0, 0.05) is 31.4 Å². The van der Waals surface area contributed by atoms with E-state index in [9.17, 15) is 9.18 Å². The SMILES string of the molecule is Cn1nc(C(C)(C)N(N)C(=O)C2[C@H]3CN(N)C[C@@H]23)c2cccc(F)c21. The molecule has 1 aliphatic carbocycles. The normalized spacial score (nSPS) is 26.1. The number of halogens is 1. The molecule has 1 aromatic carbocycles. The number of fused-ring (bicyclic) bond motifs is 2. The molecule has 8 heteroatoms. The number of carbonyl (C=O) groups is 1. The predicted molar refractivity (Wildman–Crippen MR) is 91.0 cm³/mol. The fourth-order valence-corrected chi connectivity index (χ4v) is 4.22. The van der Waals surface area contributed by atoms with Crippen LogP contribution >= 0.6 is 0 Å². The lowest BCUT2D eigenvalue weighted by Gasteiger charge is -2.34. The third-order valence-corrected chi connectivity index (χ3v) is 5.74. The third kappa shape index (κ3) is 2.28. The zero-order valence-electron chi connectivity index (χ0n) is 14.6. The van der Waals surface area contributed by atoms with E-state index in [1.54, 1.807) is 24.2 Å². The number of amides is 1. The zero-order chi connectivity index (χ0) is 18.1. The average molecular weight is 346 g/mol. The highest BCUT2D eigenvalue weighted by molar-refractivity contribution is 5.86. The molecule has 1 aromatic heterocycles. The molecule has 4 N–H and O–H groups in total. The van der Waals surface area contributed by atoms with E-state index in [1.165, 1.54) is 15.8 Å². The van der Waals surface area contributed by atoms with Crippen molar-refractivity contribution in [1.29, 1.82) is 0 Å². The Hall–Kier alpha value is -2.03. The number of hydrazine groups is 2. The molecule has 0 spiro atoms. The van der Waals surface area contributed by atoms with E-state index in [4.69, 9.17) is 11.7 Å². The summed E-state index contributed by atoms with van der Waals surface area (Å²) in [5.74, 6) is 12.1. The summed E-state index contributed by atoms with van der Waals surface area (Å²) in [7, 11) is 1.69. The van der Waals surface area contributed by atoms with Crippen molar-refractivity contribution in [1.82, 2.24) is 19.8 Å². The van der Waals surface area contributed by atoms with Crippen molar-refractivity contribution in [3.05, 3.63) is 29.7 Å². The molecule has 1 unspecified atom stereocenters. The first-order valence-corrected chi connectivity index (χ1v) is 8.43.